The Hall–Kier alpha value is -2.43. The Morgan fingerprint density at radius 1 is 1.17 bits per heavy atom. The lowest BCUT2D eigenvalue weighted by Gasteiger charge is -2.21. The highest BCUT2D eigenvalue weighted by atomic mass is 16.2. The molecule has 0 fully saturated rings. The summed E-state index contributed by atoms with van der Waals surface area (Å²) in [7, 11) is 0. The summed E-state index contributed by atoms with van der Waals surface area (Å²) in [6.07, 6.45) is 6.66. The van der Waals surface area contributed by atoms with E-state index in [0.29, 0.717) is 18.1 Å². The predicted octanol–water partition coefficient (Wildman–Crippen LogP) is 4.05. The maximum Gasteiger partial charge on any atom is 0.278 e. The summed E-state index contributed by atoms with van der Waals surface area (Å²) in [6.45, 7) is 7.60. The molecule has 0 bridgehead atoms. The number of hydrogen-bond donors (Lipinski definition) is 1. The van der Waals surface area contributed by atoms with E-state index in [1.54, 1.807) is 17.3 Å². The van der Waals surface area contributed by atoms with Crippen molar-refractivity contribution in [3.05, 3.63) is 47.9 Å². The van der Waals surface area contributed by atoms with Crippen LogP contribution in [-0.2, 0) is 0 Å². The normalized spacial score (nSPS) is 10.5. The van der Waals surface area contributed by atoms with Gasteiger partial charge >= 0.3 is 0 Å². The molecule has 5 nitrogen and oxygen atoms in total. The highest BCUT2D eigenvalue weighted by Gasteiger charge is 2.17. The maximum absolute atomic E-state index is 12.7. The van der Waals surface area contributed by atoms with Gasteiger partial charge in [0.05, 0.1) is 12.4 Å². The quantitative estimate of drug-likeness (QED) is 0.743. The summed E-state index contributed by atoms with van der Waals surface area (Å²) in [5.41, 5.74) is 2.36. The van der Waals surface area contributed by atoms with Gasteiger partial charge in [0.15, 0.2) is 0 Å². The summed E-state index contributed by atoms with van der Waals surface area (Å²) in [5.74, 6) is 0.578. The average Bonchev–Trinajstić information content (AvgIpc) is 2.60. The molecule has 0 aliphatic rings. The Bertz CT molecular complexity index is 655. The SMILES string of the molecule is CCCCCNc1cnc(C(=O)N(CC)c2cccc(C)c2)cn1. The molecule has 1 aromatic carbocycles. The first-order valence-corrected chi connectivity index (χ1v) is 8.60. The van der Waals surface area contributed by atoms with Crippen LogP contribution in [0, 0.1) is 6.92 Å². The molecule has 24 heavy (non-hydrogen) atoms. The fourth-order valence-corrected chi connectivity index (χ4v) is 2.50. The molecule has 2 rings (SSSR count). The van der Waals surface area contributed by atoms with Crippen molar-refractivity contribution in [3.8, 4) is 0 Å². The monoisotopic (exact) mass is 326 g/mol. The van der Waals surface area contributed by atoms with E-state index in [2.05, 4.69) is 22.2 Å². The number of unbranched alkanes of at least 4 members (excludes halogenated alkanes) is 2. The van der Waals surface area contributed by atoms with Crippen LogP contribution >= 0.6 is 0 Å². The Labute approximate surface area is 144 Å². The molecule has 0 aliphatic heterocycles. The molecule has 0 saturated heterocycles. The van der Waals surface area contributed by atoms with E-state index in [0.717, 1.165) is 24.2 Å². The zero-order valence-electron chi connectivity index (χ0n) is 14.7. The molecule has 1 heterocycles. The molecule has 5 heteroatoms. The molecule has 0 atom stereocenters. The number of hydrogen-bond acceptors (Lipinski definition) is 4. The third-order valence-corrected chi connectivity index (χ3v) is 3.83. The second kappa shape index (κ2) is 9.01. The summed E-state index contributed by atoms with van der Waals surface area (Å²) >= 11 is 0. The molecule has 0 radical (unpaired) electrons. The topological polar surface area (TPSA) is 58.1 Å². The average molecular weight is 326 g/mol. The van der Waals surface area contributed by atoms with Crippen molar-refractivity contribution in [1.82, 2.24) is 9.97 Å². The number of rotatable bonds is 8. The molecular weight excluding hydrogens is 300 g/mol. The largest absolute Gasteiger partial charge is 0.369 e. The molecular formula is C19H26N4O. The first-order valence-electron chi connectivity index (χ1n) is 8.60. The summed E-state index contributed by atoms with van der Waals surface area (Å²) in [4.78, 5) is 23.0. The second-order valence-electron chi connectivity index (χ2n) is 5.81. The molecule has 0 unspecified atom stereocenters. The fourth-order valence-electron chi connectivity index (χ4n) is 2.50. The van der Waals surface area contributed by atoms with E-state index in [1.165, 1.54) is 12.8 Å². The smallest absolute Gasteiger partial charge is 0.278 e. The van der Waals surface area contributed by atoms with Crippen molar-refractivity contribution >= 4 is 17.4 Å². The Morgan fingerprint density at radius 2 is 2.00 bits per heavy atom. The van der Waals surface area contributed by atoms with Gasteiger partial charge in [0.1, 0.15) is 11.5 Å². The molecule has 0 aliphatic carbocycles. The van der Waals surface area contributed by atoms with Crippen LogP contribution in [0.4, 0.5) is 11.5 Å². The molecule has 1 amide bonds. The van der Waals surface area contributed by atoms with Gasteiger partial charge in [-0.05, 0) is 38.0 Å². The van der Waals surface area contributed by atoms with Crippen molar-refractivity contribution in [1.29, 1.82) is 0 Å². The van der Waals surface area contributed by atoms with Crippen molar-refractivity contribution in [2.24, 2.45) is 0 Å². The van der Waals surface area contributed by atoms with E-state index < -0.39 is 0 Å². The third kappa shape index (κ3) is 4.78. The van der Waals surface area contributed by atoms with Crippen LogP contribution in [-0.4, -0.2) is 29.0 Å². The van der Waals surface area contributed by atoms with Crippen LogP contribution in [0.5, 0.6) is 0 Å². The number of benzene rings is 1. The lowest BCUT2D eigenvalue weighted by molar-refractivity contribution is 0.0983. The Morgan fingerprint density at radius 3 is 2.62 bits per heavy atom. The second-order valence-corrected chi connectivity index (χ2v) is 5.81. The molecule has 1 N–H and O–H groups in total. The van der Waals surface area contributed by atoms with Crippen LogP contribution < -0.4 is 10.2 Å². The predicted molar refractivity (Wildman–Crippen MR) is 98.6 cm³/mol. The number of amides is 1. The van der Waals surface area contributed by atoms with Gasteiger partial charge in [-0.15, -0.1) is 0 Å². The lowest BCUT2D eigenvalue weighted by atomic mass is 10.2. The van der Waals surface area contributed by atoms with Gasteiger partial charge in [-0.1, -0.05) is 31.9 Å². The van der Waals surface area contributed by atoms with Crippen molar-refractivity contribution in [2.45, 2.75) is 40.0 Å². The van der Waals surface area contributed by atoms with Gasteiger partial charge in [-0.3, -0.25) is 4.79 Å². The van der Waals surface area contributed by atoms with Crippen molar-refractivity contribution in [2.75, 3.05) is 23.3 Å². The van der Waals surface area contributed by atoms with Gasteiger partial charge in [0.2, 0.25) is 0 Å². The van der Waals surface area contributed by atoms with Gasteiger partial charge in [-0.25, -0.2) is 9.97 Å². The molecule has 1 aromatic heterocycles. The Kier molecular flexibility index (Phi) is 6.73. The minimum absolute atomic E-state index is 0.131. The summed E-state index contributed by atoms with van der Waals surface area (Å²) in [5, 5.41) is 3.23. The lowest BCUT2D eigenvalue weighted by Crippen LogP contribution is -2.31. The van der Waals surface area contributed by atoms with Crippen molar-refractivity contribution in [3.63, 3.8) is 0 Å². The zero-order chi connectivity index (χ0) is 17.4. The van der Waals surface area contributed by atoms with E-state index >= 15 is 0 Å². The fraction of sp³-hybridized carbons (Fsp3) is 0.421. The number of aromatic nitrogens is 2. The first-order chi connectivity index (χ1) is 11.7. The number of nitrogens with zero attached hydrogens (tertiary/aromatic N) is 3. The standard InChI is InChI=1S/C19H26N4O/c1-4-6-7-11-20-18-14-21-17(13-22-18)19(24)23(5-2)16-10-8-9-15(3)12-16/h8-10,12-14H,4-7,11H2,1-3H3,(H,20,22). The number of nitrogens with one attached hydrogen (secondary N) is 1. The van der Waals surface area contributed by atoms with Gasteiger partial charge in [-0.2, -0.15) is 0 Å². The van der Waals surface area contributed by atoms with Crippen molar-refractivity contribution < 1.29 is 4.79 Å². The minimum Gasteiger partial charge on any atom is -0.369 e. The highest BCUT2D eigenvalue weighted by molar-refractivity contribution is 6.04. The van der Waals surface area contributed by atoms with Crippen LogP contribution in [0.25, 0.3) is 0 Å². The third-order valence-electron chi connectivity index (χ3n) is 3.83. The zero-order valence-corrected chi connectivity index (χ0v) is 14.7. The Balaban J connectivity index is 2.05. The molecule has 2 aromatic rings. The van der Waals surface area contributed by atoms with Gasteiger partial charge in [0.25, 0.3) is 5.91 Å². The molecule has 0 spiro atoms. The van der Waals surface area contributed by atoms with E-state index in [-0.39, 0.29) is 5.91 Å². The number of carbonyl (C=O) groups excluding carboxylic acids is 1. The minimum atomic E-state index is -0.131. The summed E-state index contributed by atoms with van der Waals surface area (Å²) in [6, 6.07) is 7.90. The van der Waals surface area contributed by atoms with Gasteiger partial charge in [0, 0.05) is 18.8 Å². The molecule has 0 saturated carbocycles. The number of anilines is 2. The highest BCUT2D eigenvalue weighted by Crippen LogP contribution is 2.18. The van der Waals surface area contributed by atoms with E-state index in [4.69, 9.17) is 0 Å². The van der Waals surface area contributed by atoms with Crippen LogP contribution in [0.3, 0.4) is 0 Å². The molecule has 128 valence electrons. The number of carbonyl (C=O) groups is 1. The maximum atomic E-state index is 12.7. The van der Waals surface area contributed by atoms with Crippen LogP contribution in [0.1, 0.15) is 49.2 Å². The van der Waals surface area contributed by atoms with Gasteiger partial charge < -0.3 is 10.2 Å². The van der Waals surface area contributed by atoms with Crippen LogP contribution in [0.15, 0.2) is 36.7 Å². The van der Waals surface area contributed by atoms with Crippen LogP contribution in [0.2, 0.25) is 0 Å². The number of aryl methyl sites for hydroxylation is 1. The van der Waals surface area contributed by atoms with E-state index in [1.807, 2.05) is 38.1 Å². The van der Waals surface area contributed by atoms with E-state index in [9.17, 15) is 4.79 Å². The first kappa shape index (κ1) is 17.9. The summed E-state index contributed by atoms with van der Waals surface area (Å²) < 4.78 is 0.